The van der Waals surface area contributed by atoms with E-state index >= 15 is 0 Å². The second-order valence-electron chi connectivity index (χ2n) is 2.08. The lowest BCUT2D eigenvalue weighted by atomic mass is 10.3. The van der Waals surface area contributed by atoms with Gasteiger partial charge >= 0.3 is 12.0 Å². The number of ketones is 1. The maximum atomic E-state index is 10.8. The van der Waals surface area contributed by atoms with Crippen LogP contribution in [0.5, 0.6) is 0 Å². The first-order chi connectivity index (χ1) is 6.11. The SMILES string of the molecule is CCOC(=O)NNC(=O)C(=O)CC. The fourth-order valence-electron chi connectivity index (χ4n) is 0.505. The van der Waals surface area contributed by atoms with Gasteiger partial charge in [-0.25, -0.2) is 10.2 Å². The molecule has 0 rings (SSSR count). The van der Waals surface area contributed by atoms with Crippen LogP contribution in [0.2, 0.25) is 0 Å². The van der Waals surface area contributed by atoms with Gasteiger partial charge in [-0.05, 0) is 6.92 Å². The summed E-state index contributed by atoms with van der Waals surface area (Å²) >= 11 is 0. The highest BCUT2D eigenvalue weighted by molar-refractivity contribution is 6.36. The summed E-state index contributed by atoms with van der Waals surface area (Å²) in [6.45, 7) is 3.37. The lowest BCUT2D eigenvalue weighted by Gasteiger charge is -2.04. The fraction of sp³-hybridized carbons (Fsp3) is 0.571. The molecule has 0 aromatic carbocycles. The molecule has 6 nitrogen and oxygen atoms in total. The van der Waals surface area contributed by atoms with Crippen molar-refractivity contribution in [3.63, 3.8) is 0 Å². The van der Waals surface area contributed by atoms with Crippen LogP contribution in [-0.4, -0.2) is 24.4 Å². The third-order valence-corrected chi connectivity index (χ3v) is 1.13. The Kier molecular flexibility index (Phi) is 5.25. The third kappa shape index (κ3) is 4.78. The Morgan fingerprint density at radius 3 is 2.23 bits per heavy atom. The average Bonchev–Trinajstić information content (AvgIpc) is 2.13. The van der Waals surface area contributed by atoms with Gasteiger partial charge in [-0.2, -0.15) is 0 Å². The van der Waals surface area contributed by atoms with Crippen LogP contribution < -0.4 is 10.9 Å². The fourth-order valence-corrected chi connectivity index (χ4v) is 0.505. The Labute approximate surface area is 75.6 Å². The van der Waals surface area contributed by atoms with Crippen molar-refractivity contribution in [2.45, 2.75) is 20.3 Å². The van der Waals surface area contributed by atoms with Gasteiger partial charge in [0.1, 0.15) is 0 Å². The molecule has 0 aromatic rings. The summed E-state index contributed by atoms with van der Waals surface area (Å²) in [6.07, 6.45) is -0.698. The molecular weight excluding hydrogens is 176 g/mol. The molecule has 0 saturated heterocycles. The molecule has 0 unspecified atom stereocenters. The monoisotopic (exact) mass is 188 g/mol. The van der Waals surface area contributed by atoms with Crippen molar-refractivity contribution in [2.24, 2.45) is 0 Å². The highest BCUT2D eigenvalue weighted by Crippen LogP contribution is 1.79. The standard InChI is InChI=1S/C7H12N2O4/c1-3-5(10)6(11)8-9-7(12)13-4-2/h3-4H2,1-2H3,(H,8,11)(H,9,12). The zero-order valence-electron chi connectivity index (χ0n) is 7.55. The normalized spacial score (nSPS) is 8.77. The summed E-state index contributed by atoms with van der Waals surface area (Å²) in [7, 11) is 0. The van der Waals surface area contributed by atoms with Gasteiger partial charge in [-0.3, -0.25) is 15.0 Å². The molecular formula is C7H12N2O4. The van der Waals surface area contributed by atoms with E-state index in [4.69, 9.17) is 0 Å². The zero-order chi connectivity index (χ0) is 10.3. The van der Waals surface area contributed by atoms with Gasteiger partial charge in [0, 0.05) is 6.42 Å². The summed E-state index contributed by atoms with van der Waals surface area (Å²) in [5.74, 6) is -1.45. The Bertz CT molecular complexity index is 215. The number of hydrogen-bond donors (Lipinski definition) is 2. The minimum absolute atomic E-state index is 0.0936. The van der Waals surface area contributed by atoms with Crippen molar-refractivity contribution in [1.82, 2.24) is 10.9 Å². The maximum Gasteiger partial charge on any atom is 0.426 e. The van der Waals surface area contributed by atoms with E-state index in [0.29, 0.717) is 0 Å². The Balaban J connectivity index is 3.70. The summed E-state index contributed by atoms with van der Waals surface area (Å²) in [6, 6.07) is 0. The first kappa shape index (κ1) is 11.4. The lowest BCUT2D eigenvalue weighted by Crippen LogP contribution is -2.44. The molecule has 2 N–H and O–H groups in total. The molecule has 0 radical (unpaired) electrons. The molecule has 0 spiro atoms. The van der Waals surface area contributed by atoms with Gasteiger partial charge in [-0.15, -0.1) is 0 Å². The molecule has 6 heteroatoms. The summed E-state index contributed by atoms with van der Waals surface area (Å²) in [5, 5.41) is 0. The second kappa shape index (κ2) is 5.99. The zero-order valence-corrected chi connectivity index (χ0v) is 7.55. The second-order valence-corrected chi connectivity index (χ2v) is 2.08. The Hall–Kier alpha value is -1.59. The van der Waals surface area contributed by atoms with Gasteiger partial charge in [0.2, 0.25) is 5.78 Å². The molecule has 0 aliphatic rings. The topological polar surface area (TPSA) is 84.5 Å². The Morgan fingerprint density at radius 2 is 1.77 bits per heavy atom. The van der Waals surface area contributed by atoms with Crippen LogP contribution in [0, 0.1) is 0 Å². The molecule has 0 bridgehead atoms. The molecule has 74 valence electrons. The largest absolute Gasteiger partial charge is 0.449 e. The number of nitrogens with one attached hydrogen (secondary N) is 2. The number of ether oxygens (including phenoxy) is 1. The van der Waals surface area contributed by atoms with Gasteiger partial charge in [0.25, 0.3) is 0 Å². The number of hydrogen-bond acceptors (Lipinski definition) is 4. The number of rotatable bonds is 3. The van der Waals surface area contributed by atoms with Crippen LogP contribution in [0.4, 0.5) is 4.79 Å². The predicted octanol–water partition coefficient (Wildman–Crippen LogP) is -0.257. The van der Waals surface area contributed by atoms with Crippen molar-refractivity contribution < 1.29 is 19.1 Å². The molecule has 0 heterocycles. The molecule has 0 aliphatic carbocycles. The van der Waals surface area contributed by atoms with E-state index in [1.165, 1.54) is 0 Å². The van der Waals surface area contributed by atoms with E-state index in [2.05, 4.69) is 4.74 Å². The van der Waals surface area contributed by atoms with Gasteiger partial charge in [-0.1, -0.05) is 6.92 Å². The van der Waals surface area contributed by atoms with Gasteiger partial charge in [0.05, 0.1) is 6.61 Å². The highest BCUT2D eigenvalue weighted by atomic mass is 16.5. The van der Waals surface area contributed by atoms with E-state index in [-0.39, 0.29) is 13.0 Å². The molecule has 13 heavy (non-hydrogen) atoms. The molecule has 0 fully saturated rings. The smallest absolute Gasteiger partial charge is 0.426 e. The van der Waals surface area contributed by atoms with Crippen LogP contribution in [0.3, 0.4) is 0 Å². The number of carbonyl (C=O) groups excluding carboxylic acids is 3. The van der Waals surface area contributed by atoms with Crippen molar-refractivity contribution in [3.05, 3.63) is 0 Å². The minimum Gasteiger partial charge on any atom is -0.449 e. The van der Waals surface area contributed by atoms with Crippen LogP contribution in [0.15, 0.2) is 0 Å². The number of amides is 2. The summed E-state index contributed by atoms with van der Waals surface area (Å²) in [4.78, 5) is 32.0. The quantitative estimate of drug-likeness (QED) is 0.472. The van der Waals surface area contributed by atoms with Crippen LogP contribution in [0.25, 0.3) is 0 Å². The maximum absolute atomic E-state index is 10.8. The molecule has 0 aromatic heterocycles. The number of hydrazine groups is 1. The van der Waals surface area contributed by atoms with Crippen LogP contribution in [-0.2, 0) is 14.3 Å². The predicted molar refractivity (Wildman–Crippen MR) is 43.6 cm³/mol. The highest BCUT2D eigenvalue weighted by Gasteiger charge is 2.11. The van der Waals surface area contributed by atoms with E-state index in [9.17, 15) is 14.4 Å². The molecule has 0 saturated carbocycles. The number of carbonyl (C=O) groups is 3. The van der Waals surface area contributed by atoms with E-state index < -0.39 is 17.8 Å². The van der Waals surface area contributed by atoms with Crippen molar-refractivity contribution in [2.75, 3.05) is 6.61 Å². The van der Waals surface area contributed by atoms with E-state index in [1.807, 2.05) is 10.9 Å². The summed E-state index contributed by atoms with van der Waals surface area (Å²) in [5.41, 5.74) is 3.82. The van der Waals surface area contributed by atoms with Crippen molar-refractivity contribution in [1.29, 1.82) is 0 Å². The average molecular weight is 188 g/mol. The molecule has 0 atom stereocenters. The van der Waals surface area contributed by atoms with E-state index in [0.717, 1.165) is 0 Å². The summed E-state index contributed by atoms with van der Waals surface area (Å²) < 4.78 is 4.43. The van der Waals surface area contributed by atoms with Crippen molar-refractivity contribution in [3.8, 4) is 0 Å². The third-order valence-electron chi connectivity index (χ3n) is 1.13. The molecule has 2 amide bonds. The van der Waals surface area contributed by atoms with Crippen LogP contribution >= 0.6 is 0 Å². The van der Waals surface area contributed by atoms with Gasteiger partial charge in [0.15, 0.2) is 0 Å². The first-order valence-corrected chi connectivity index (χ1v) is 3.87. The lowest BCUT2D eigenvalue weighted by molar-refractivity contribution is -0.138. The first-order valence-electron chi connectivity index (χ1n) is 3.87. The number of Topliss-reactive ketones (excluding diaryl/α,β-unsaturated/α-hetero) is 1. The molecule has 0 aliphatic heterocycles. The van der Waals surface area contributed by atoms with Gasteiger partial charge < -0.3 is 4.74 Å². The van der Waals surface area contributed by atoms with E-state index in [1.54, 1.807) is 13.8 Å². The van der Waals surface area contributed by atoms with Crippen molar-refractivity contribution >= 4 is 17.8 Å². The van der Waals surface area contributed by atoms with Crippen LogP contribution in [0.1, 0.15) is 20.3 Å². The Morgan fingerprint density at radius 1 is 1.15 bits per heavy atom. The minimum atomic E-state index is -0.851.